The van der Waals surface area contributed by atoms with E-state index in [2.05, 4.69) is 69.4 Å². The van der Waals surface area contributed by atoms with E-state index in [4.69, 9.17) is 29.2 Å². The molecule has 340 valence electrons. The van der Waals surface area contributed by atoms with E-state index in [0.29, 0.717) is 58.3 Å². The van der Waals surface area contributed by atoms with E-state index < -0.39 is 55.3 Å². The first kappa shape index (κ1) is 44.3. The number of carbonyl (C=O) groups is 1. The molecule has 7 heterocycles. The molecule has 4 saturated heterocycles. The summed E-state index contributed by atoms with van der Waals surface area (Å²) in [6.45, 7) is 26.4. The Bertz CT molecular complexity index is 2600. The molecule has 2 aromatic heterocycles. The van der Waals surface area contributed by atoms with E-state index >= 15 is 13.2 Å². The van der Waals surface area contributed by atoms with Crippen LogP contribution >= 0.6 is 0 Å². The highest BCUT2D eigenvalue weighted by molar-refractivity contribution is 6.90. The molecule has 14 heteroatoms. The molecule has 0 saturated carbocycles. The van der Waals surface area contributed by atoms with Crippen LogP contribution in [0.1, 0.15) is 100 Å². The van der Waals surface area contributed by atoms with Gasteiger partial charge in [-0.05, 0) is 75.0 Å². The summed E-state index contributed by atoms with van der Waals surface area (Å²) in [6.07, 6.45) is 0.406. The van der Waals surface area contributed by atoms with Crippen molar-refractivity contribution in [3.05, 3.63) is 59.7 Å². The molecule has 2 aromatic carbocycles. The molecule has 0 spiro atoms. The molecule has 64 heavy (non-hydrogen) atoms. The lowest BCUT2D eigenvalue weighted by Crippen LogP contribution is -2.65. The highest BCUT2D eigenvalue weighted by atomic mass is 28.3. The summed E-state index contributed by atoms with van der Waals surface area (Å²) < 4.78 is 68.6. The number of piperazine rings is 1. The normalized spacial score (nSPS) is 25.5. The van der Waals surface area contributed by atoms with Gasteiger partial charge in [-0.25, -0.2) is 22.9 Å². The standard InChI is InChI=1S/C50H61F3N6O4Si/c1-27(2)64(28(3)4,29(5)6)22-20-35-37(52)17-15-32-13-12-14-36(39(32)35)42-41(53)43-40-45(56-47(55-43)61-26-50-23-33(51)24-57(50)21-19-30(50)7)58-25-34-16-18-38(44(58)31(8)62-46(40)54-42)59(34)48(60)63-49(9,10)11/h12-15,17,27-29,31,33-34,38,44H,7,16,18-19,21,23-26H2,1-6,8-11H3/t31-,33+,34+,38-,44+,50?/m0/s1. The van der Waals surface area contributed by atoms with Gasteiger partial charge < -0.3 is 19.1 Å². The van der Waals surface area contributed by atoms with Crippen LogP contribution in [0.5, 0.6) is 11.9 Å². The van der Waals surface area contributed by atoms with Crippen LogP contribution in [0.25, 0.3) is 32.9 Å². The van der Waals surface area contributed by atoms with Crippen LogP contribution in [0.2, 0.25) is 16.6 Å². The zero-order valence-corrected chi connectivity index (χ0v) is 39.8. The van der Waals surface area contributed by atoms with Crippen LogP contribution in [0.15, 0.2) is 42.5 Å². The van der Waals surface area contributed by atoms with Gasteiger partial charge in [0.2, 0.25) is 5.88 Å². The number of halogens is 3. The van der Waals surface area contributed by atoms with Crippen molar-refractivity contribution in [2.45, 2.75) is 153 Å². The number of pyridine rings is 1. The first-order valence-electron chi connectivity index (χ1n) is 23.1. The van der Waals surface area contributed by atoms with Gasteiger partial charge in [0.1, 0.15) is 60.8 Å². The number of amides is 1. The maximum Gasteiger partial charge on any atom is 0.410 e. The fourth-order valence-corrected chi connectivity index (χ4v) is 17.3. The van der Waals surface area contributed by atoms with Gasteiger partial charge in [-0.1, -0.05) is 83.9 Å². The summed E-state index contributed by atoms with van der Waals surface area (Å²) in [5.41, 5.74) is 4.47. The third-order valence-corrected chi connectivity index (χ3v) is 21.2. The van der Waals surface area contributed by atoms with Gasteiger partial charge in [-0.15, -0.1) is 5.54 Å². The predicted octanol–water partition coefficient (Wildman–Crippen LogP) is 10.6. The largest absolute Gasteiger partial charge is 0.472 e. The molecule has 9 rings (SSSR count). The third kappa shape index (κ3) is 7.02. The van der Waals surface area contributed by atoms with Gasteiger partial charge in [0.25, 0.3) is 0 Å². The molecule has 10 nitrogen and oxygen atoms in total. The van der Waals surface area contributed by atoms with Crippen molar-refractivity contribution in [2.75, 3.05) is 31.1 Å². The van der Waals surface area contributed by atoms with Crippen molar-refractivity contribution in [2.24, 2.45) is 0 Å². The Morgan fingerprint density at radius 3 is 2.45 bits per heavy atom. The van der Waals surface area contributed by atoms with Crippen LogP contribution in [0, 0.1) is 23.1 Å². The summed E-state index contributed by atoms with van der Waals surface area (Å²) in [5.74, 6) is 2.60. The molecular formula is C50H61F3N6O4Si. The maximum atomic E-state index is 18.0. The minimum absolute atomic E-state index is 0.0379. The second-order valence-corrected chi connectivity index (χ2v) is 26.3. The second kappa shape index (κ2) is 15.9. The van der Waals surface area contributed by atoms with Crippen molar-refractivity contribution >= 4 is 41.7 Å². The fraction of sp³-hybridized carbons (Fsp3) is 0.560. The highest BCUT2D eigenvalue weighted by Crippen LogP contribution is 2.49. The topological polar surface area (TPSA) is 93.2 Å². The van der Waals surface area contributed by atoms with Crippen molar-refractivity contribution in [1.29, 1.82) is 0 Å². The first-order chi connectivity index (χ1) is 30.3. The summed E-state index contributed by atoms with van der Waals surface area (Å²) in [7, 11) is -2.31. The van der Waals surface area contributed by atoms with E-state index in [9.17, 15) is 4.79 Å². The maximum absolute atomic E-state index is 18.0. The van der Waals surface area contributed by atoms with Crippen LogP contribution < -0.4 is 14.4 Å². The van der Waals surface area contributed by atoms with Crippen molar-refractivity contribution in [3.63, 3.8) is 0 Å². The molecule has 0 radical (unpaired) electrons. The van der Waals surface area contributed by atoms with Gasteiger partial charge in [-0.2, -0.15) is 9.97 Å². The van der Waals surface area contributed by atoms with Gasteiger partial charge in [0.05, 0.1) is 29.2 Å². The monoisotopic (exact) mass is 894 g/mol. The van der Waals surface area contributed by atoms with Gasteiger partial charge >= 0.3 is 12.1 Å². The van der Waals surface area contributed by atoms with Crippen LogP contribution in [0.4, 0.5) is 23.8 Å². The molecule has 0 N–H and O–H groups in total. The van der Waals surface area contributed by atoms with Gasteiger partial charge in [-0.3, -0.25) is 9.80 Å². The molecule has 5 aliphatic heterocycles. The lowest BCUT2D eigenvalue weighted by molar-refractivity contribution is 0.000934. The average Bonchev–Trinajstić information content (AvgIpc) is 3.80. The average molecular weight is 895 g/mol. The number of aromatic nitrogens is 3. The molecule has 0 aliphatic carbocycles. The quantitative estimate of drug-likeness (QED) is 0.102. The van der Waals surface area contributed by atoms with Crippen LogP contribution in [-0.2, 0) is 4.74 Å². The number of benzene rings is 2. The molecule has 5 aliphatic rings. The number of alkyl halides is 1. The SMILES string of the molecule is C=C1CCN2C[C@H](F)CC12COc1nc2c3c(nc(-c4cccc5ccc(F)c(C#C[Si](C(C)C)(C(C)C)C(C)C)c45)c(F)c3n1)O[C@@H](C)[C@@H]1[C@@H]3CC[C@H](CN21)N3C(=O)OC(C)(C)C. The molecule has 4 aromatic rings. The number of hydrogen-bond acceptors (Lipinski definition) is 9. The summed E-state index contributed by atoms with van der Waals surface area (Å²) in [4.78, 5) is 34.6. The van der Waals surface area contributed by atoms with E-state index in [0.717, 1.165) is 18.4 Å². The Morgan fingerprint density at radius 1 is 1.02 bits per heavy atom. The lowest BCUT2D eigenvalue weighted by Gasteiger charge is -2.48. The molecule has 4 fully saturated rings. The number of nitrogens with zero attached hydrogens (tertiary/aromatic N) is 6. The molecule has 2 bridgehead atoms. The molecular weight excluding hydrogens is 834 g/mol. The number of fused-ring (bicyclic) bond motifs is 7. The van der Waals surface area contributed by atoms with Crippen LogP contribution in [0.3, 0.4) is 0 Å². The number of anilines is 1. The minimum atomic E-state index is -2.31. The number of carbonyl (C=O) groups excluding carboxylic acids is 1. The Morgan fingerprint density at radius 2 is 1.75 bits per heavy atom. The van der Waals surface area contributed by atoms with E-state index in [1.807, 2.05) is 38.7 Å². The lowest BCUT2D eigenvalue weighted by atomic mass is 9.90. The minimum Gasteiger partial charge on any atom is -0.472 e. The zero-order chi connectivity index (χ0) is 45.8. The first-order valence-corrected chi connectivity index (χ1v) is 25.3. The van der Waals surface area contributed by atoms with Crippen LogP contribution in [-0.4, -0.2) is 107 Å². The van der Waals surface area contributed by atoms with E-state index in [-0.39, 0.29) is 65.7 Å². The summed E-state index contributed by atoms with van der Waals surface area (Å²) in [5, 5.41) is 1.40. The number of rotatable bonds is 7. The molecule has 1 amide bonds. The summed E-state index contributed by atoms with van der Waals surface area (Å²) in [6, 6.07) is 7.49. The number of hydrogen-bond donors (Lipinski definition) is 0. The fourth-order valence-electron chi connectivity index (χ4n) is 12.1. The van der Waals surface area contributed by atoms with Gasteiger partial charge in [0.15, 0.2) is 5.82 Å². The van der Waals surface area contributed by atoms with Crippen molar-refractivity contribution < 1.29 is 32.2 Å². The van der Waals surface area contributed by atoms with Gasteiger partial charge in [0, 0.05) is 37.0 Å². The third-order valence-electron chi connectivity index (χ3n) is 15.0. The van der Waals surface area contributed by atoms with E-state index in [1.165, 1.54) is 6.07 Å². The molecule has 6 atom stereocenters. The summed E-state index contributed by atoms with van der Waals surface area (Å²) >= 11 is 0. The van der Waals surface area contributed by atoms with Crippen molar-refractivity contribution in [3.8, 4) is 34.6 Å². The molecule has 1 unspecified atom stereocenters. The Hall–Kier alpha value is -4.87. The van der Waals surface area contributed by atoms with Crippen molar-refractivity contribution in [1.82, 2.24) is 24.8 Å². The van der Waals surface area contributed by atoms with E-state index in [1.54, 1.807) is 18.2 Å². The smallest absolute Gasteiger partial charge is 0.410 e. The Balaban J connectivity index is 1.24. The number of ether oxygens (including phenoxy) is 3. The highest BCUT2D eigenvalue weighted by Gasteiger charge is 2.55. The zero-order valence-electron chi connectivity index (χ0n) is 38.8. The Kier molecular flexibility index (Phi) is 11.0. The predicted molar refractivity (Wildman–Crippen MR) is 247 cm³/mol. The Labute approximate surface area is 375 Å². The second-order valence-electron chi connectivity index (χ2n) is 20.7.